The molecular weight excluding hydrogens is 482 g/mol. The molecule has 36 heavy (non-hydrogen) atoms. The number of aliphatic hydroxyl groups excluding tert-OH is 1. The molecule has 3 heterocycles. The second kappa shape index (κ2) is 10.2. The summed E-state index contributed by atoms with van der Waals surface area (Å²) in [5.74, 6) is -0.148. The maximum atomic E-state index is 13.2. The first kappa shape index (κ1) is 24.2. The van der Waals surface area contributed by atoms with E-state index in [0.717, 1.165) is 11.1 Å². The zero-order chi connectivity index (χ0) is 25.2. The minimum Gasteiger partial charge on any atom is -0.391 e. The zero-order valence-corrected chi connectivity index (χ0v) is 20.4. The second-order valence-corrected chi connectivity index (χ2v) is 9.41. The Morgan fingerprint density at radius 1 is 1.25 bits per heavy atom. The lowest BCUT2D eigenvalue weighted by atomic mass is 10.0. The van der Waals surface area contributed by atoms with Crippen LogP contribution in [0.25, 0.3) is 11.3 Å². The van der Waals surface area contributed by atoms with E-state index in [4.69, 9.17) is 16.3 Å². The molecule has 0 bridgehead atoms. The maximum absolute atomic E-state index is 13.2. The van der Waals surface area contributed by atoms with E-state index in [9.17, 15) is 14.7 Å². The van der Waals surface area contributed by atoms with Gasteiger partial charge in [-0.15, -0.1) is 0 Å². The van der Waals surface area contributed by atoms with Crippen LogP contribution < -0.4 is 10.6 Å². The average Bonchev–Trinajstić information content (AvgIpc) is 3.15. The van der Waals surface area contributed by atoms with Gasteiger partial charge in [-0.2, -0.15) is 0 Å². The van der Waals surface area contributed by atoms with Crippen molar-refractivity contribution in [1.82, 2.24) is 20.2 Å². The molecule has 2 aliphatic heterocycles. The van der Waals surface area contributed by atoms with Crippen LogP contribution in [0.2, 0.25) is 5.02 Å². The number of carbonyl (C=O) groups excluding carboxylic acids is 2. The van der Waals surface area contributed by atoms with Crippen molar-refractivity contribution >= 4 is 29.4 Å². The lowest BCUT2D eigenvalue weighted by molar-refractivity contribution is -0.123. The molecular formula is C26H26ClN5O4. The van der Waals surface area contributed by atoms with Crippen LogP contribution in [0.4, 0.5) is 5.95 Å². The largest absolute Gasteiger partial charge is 0.391 e. The molecule has 0 aliphatic carbocycles. The molecule has 2 aliphatic rings. The van der Waals surface area contributed by atoms with E-state index in [0.29, 0.717) is 47.6 Å². The van der Waals surface area contributed by atoms with Crippen molar-refractivity contribution in [3.8, 4) is 11.3 Å². The molecule has 2 unspecified atom stereocenters. The predicted octanol–water partition coefficient (Wildman–Crippen LogP) is 2.80. The topological polar surface area (TPSA) is 117 Å². The van der Waals surface area contributed by atoms with Crippen molar-refractivity contribution in [3.63, 3.8) is 0 Å². The van der Waals surface area contributed by atoms with Gasteiger partial charge in [0.1, 0.15) is 6.54 Å². The number of hydrogen-bond donors (Lipinski definition) is 3. The number of hydrogen-bond acceptors (Lipinski definition) is 7. The Morgan fingerprint density at radius 3 is 2.72 bits per heavy atom. The van der Waals surface area contributed by atoms with Gasteiger partial charge < -0.3 is 25.4 Å². The Morgan fingerprint density at radius 2 is 2.03 bits per heavy atom. The molecule has 186 valence electrons. The number of aliphatic hydroxyl groups is 1. The highest BCUT2D eigenvalue weighted by Gasteiger charge is 2.30. The summed E-state index contributed by atoms with van der Waals surface area (Å²) >= 11 is 6.38. The van der Waals surface area contributed by atoms with E-state index in [1.807, 2.05) is 42.5 Å². The number of carbonyl (C=O) groups is 2. The van der Waals surface area contributed by atoms with Gasteiger partial charge in [0.15, 0.2) is 0 Å². The van der Waals surface area contributed by atoms with Gasteiger partial charge in [-0.3, -0.25) is 9.59 Å². The van der Waals surface area contributed by atoms with Gasteiger partial charge in [-0.1, -0.05) is 54.1 Å². The van der Waals surface area contributed by atoms with Crippen molar-refractivity contribution in [1.29, 1.82) is 0 Å². The van der Waals surface area contributed by atoms with Crippen molar-refractivity contribution in [2.24, 2.45) is 0 Å². The molecule has 3 aromatic rings. The number of rotatable bonds is 8. The third-order valence-electron chi connectivity index (χ3n) is 6.27. The lowest BCUT2D eigenvalue weighted by Gasteiger charge is -2.26. The fourth-order valence-electron chi connectivity index (χ4n) is 4.31. The summed E-state index contributed by atoms with van der Waals surface area (Å²) in [5, 5.41) is 16.6. The zero-order valence-electron chi connectivity index (χ0n) is 19.6. The van der Waals surface area contributed by atoms with E-state index in [2.05, 4.69) is 20.6 Å². The molecule has 9 nitrogen and oxygen atoms in total. The minimum atomic E-state index is -0.792. The molecule has 10 heteroatoms. The van der Waals surface area contributed by atoms with Crippen molar-refractivity contribution < 1.29 is 19.4 Å². The smallest absolute Gasteiger partial charge is 0.254 e. The molecule has 0 saturated carbocycles. The lowest BCUT2D eigenvalue weighted by Crippen LogP contribution is -2.41. The number of halogens is 1. The van der Waals surface area contributed by atoms with Crippen LogP contribution in [0.15, 0.2) is 54.7 Å². The Labute approximate surface area is 213 Å². The summed E-state index contributed by atoms with van der Waals surface area (Å²) in [6.07, 6.45) is 0.738. The summed E-state index contributed by atoms with van der Waals surface area (Å²) < 4.78 is 5.17. The Kier molecular flexibility index (Phi) is 6.86. The molecule has 0 radical (unpaired) electrons. The molecule has 1 aromatic heterocycles. The monoisotopic (exact) mass is 507 g/mol. The maximum Gasteiger partial charge on any atom is 0.254 e. The number of nitrogens with one attached hydrogen (secondary N) is 2. The van der Waals surface area contributed by atoms with Gasteiger partial charge in [-0.05, 0) is 24.1 Å². The Hall–Kier alpha value is -3.53. The first-order valence-electron chi connectivity index (χ1n) is 11.7. The molecule has 2 amide bonds. The van der Waals surface area contributed by atoms with Crippen molar-refractivity contribution in [3.05, 3.63) is 76.4 Å². The molecule has 1 fully saturated rings. The first-order valence-corrected chi connectivity index (χ1v) is 12.1. The molecule has 5 rings (SSSR count). The molecule has 2 aromatic carbocycles. The average molecular weight is 508 g/mol. The van der Waals surface area contributed by atoms with Crippen LogP contribution in [0.5, 0.6) is 0 Å². The normalized spacial score (nSPS) is 16.8. The number of nitrogens with zero attached hydrogens (tertiary/aromatic N) is 3. The van der Waals surface area contributed by atoms with E-state index in [1.165, 1.54) is 11.1 Å². The van der Waals surface area contributed by atoms with Gasteiger partial charge in [0.05, 0.1) is 48.3 Å². The van der Waals surface area contributed by atoms with Crippen LogP contribution >= 0.6 is 11.6 Å². The highest BCUT2D eigenvalue weighted by molar-refractivity contribution is 6.33. The number of anilines is 1. The van der Waals surface area contributed by atoms with Gasteiger partial charge in [0.2, 0.25) is 11.9 Å². The summed E-state index contributed by atoms with van der Waals surface area (Å²) in [4.78, 5) is 36.2. The van der Waals surface area contributed by atoms with Crippen LogP contribution in [0.3, 0.4) is 0 Å². The summed E-state index contributed by atoms with van der Waals surface area (Å²) in [6, 6.07) is 14.3. The second-order valence-electron chi connectivity index (χ2n) is 9.00. The number of benzene rings is 2. The number of amides is 2. The standard InChI is InChI=1S/C26H26ClN5O4/c1-15(33)23(16-5-3-2-4-6-16)30-22(34)12-32-11-18-8-7-17(9-20(18)25(32)35)24-21(27)10-28-26(31-24)29-19-13-36-14-19/h2-10,15,19,23,33H,11-14H2,1H3,(H,30,34)(H,28,29,31). The summed E-state index contributed by atoms with van der Waals surface area (Å²) in [7, 11) is 0. The van der Waals surface area contributed by atoms with Gasteiger partial charge in [0, 0.05) is 17.7 Å². The molecule has 0 spiro atoms. The third-order valence-corrected chi connectivity index (χ3v) is 6.55. The minimum absolute atomic E-state index is 0.120. The third kappa shape index (κ3) is 5.04. The van der Waals surface area contributed by atoms with Gasteiger partial charge >= 0.3 is 0 Å². The van der Waals surface area contributed by atoms with E-state index in [-0.39, 0.29) is 24.4 Å². The van der Waals surface area contributed by atoms with Crippen LogP contribution in [-0.2, 0) is 16.1 Å². The van der Waals surface area contributed by atoms with Gasteiger partial charge in [-0.25, -0.2) is 9.97 Å². The van der Waals surface area contributed by atoms with Crippen LogP contribution in [0.1, 0.15) is 34.5 Å². The van der Waals surface area contributed by atoms with Gasteiger partial charge in [0.25, 0.3) is 5.91 Å². The fraction of sp³-hybridized carbons (Fsp3) is 0.308. The number of ether oxygens (including phenoxy) is 1. The van der Waals surface area contributed by atoms with Crippen molar-refractivity contribution in [2.75, 3.05) is 25.1 Å². The van der Waals surface area contributed by atoms with E-state index >= 15 is 0 Å². The van der Waals surface area contributed by atoms with Crippen LogP contribution in [0, 0.1) is 0 Å². The quantitative estimate of drug-likeness (QED) is 0.429. The number of aromatic nitrogens is 2. The van der Waals surface area contributed by atoms with Crippen molar-refractivity contribution in [2.45, 2.75) is 31.7 Å². The Balaban J connectivity index is 1.29. The van der Waals surface area contributed by atoms with E-state index < -0.39 is 12.1 Å². The molecule has 1 saturated heterocycles. The first-order chi connectivity index (χ1) is 17.4. The van der Waals surface area contributed by atoms with Crippen LogP contribution in [-0.4, -0.2) is 63.7 Å². The highest BCUT2D eigenvalue weighted by atomic mass is 35.5. The summed E-state index contributed by atoms with van der Waals surface area (Å²) in [5.41, 5.74) is 3.33. The Bertz CT molecular complexity index is 1280. The predicted molar refractivity (Wildman–Crippen MR) is 134 cm³/mol. The fourth-order valence-corrected chi connectivity index (χ4v) is 4.51. The summed E-state index contributed by atoms with van der Waals surface area (Å²) in [6.45, 7) is 3.02. The SMILES string of the molecule is CC(O)C(NC(=O)CN1Cc2ccc(-c3nc(NC4COC4)ncc3Cl)cc2C1=O)c1ccccc1. The van der Waals surface area contributed by atoms with E-state index in [1.54, 1.807) is 13.0 Å². The molecule has 3 N–H and O–H groups in total. The molecule has 2 atom stereocenters. The highest BCUT2D eigenvalue weighted by Crippen LogP contribution is 2.31. The number of fused-ring (bicyclic) bond motifs is 1.